The Balaban J connectivity index is 2.09. The number of halogens is 5. The highest BCUT2D eigenvalue weighted by Gasteiger charge is 2.28. The molecule has 0 bridgehead atoms. The molecule has 0 unspecified atom stereocenters. The van der Waals surface area contributed by atoms with Gasteiger partial charge in [0.15, 0.2) is 23.3 Å². The van der Waals surface area contributed by atoms with Crippen LogP contribution in [0.1, 0.15) is 11.1 Å². The number of esters is 1. The predicted octanol–water partition coefficient (Wildman–Crippen LogP) is 3.00. The van der Waals surface area contributed by atoms with Crippen LogP contribution in [-0.2, 0) is 22.6 Å². The van der Waals surface area contributed by atoms with Gasteiger partial charge in [-0.25, -0.2) is 22.0 Å². The van der Waals surface area contributed by atoms with E-state index >= 15 is 0 Å². The van der Waals surface area contributed by atoms with E-state index in [9.17, 15) is 26.7 Å². The van der Waals surface area contributed by atoms with E-state index in [1.54, 1.807) is 30.3 Å². The first-order valence-corrected chi connectivity index (χ1v) is 6.79. The Morgan fingerprint density at radius 3 is 1.96 bits per heavy atom. The summed E-state index contributed by atoms with van der Waals surface area (Å²) in [6.45, 7) is -0.134. The summed E-state index contributed by atoms with van der Waals surface area (Å²) in [5, 5.41) is 0. The van der Waals surface area contributed by atoms with Crippen molar-refractivity contribution in [2.75, 3.05) is 0 Å². The van der Waals surface area contributed by atoms with Crippen molar-refractivity contribution >= 4 is 5.97 Å². The van der Waals surface area contributed by atoms with Crippen molar-refractivity contribution < 1.29 is 31.5 Å². The van der Waals surface area contributed by atoms with Gasteiger partial charge in [-0.05, 0) is 5.56 Å². The third-order valence-electron chi connectivity index (χ3n) is 3.25. The maximum Gasteiger partial charge on any atom is 0.323 e. The van der Waals surface area contributed by atoms with Gasteiger partial charge in [-0.2, -0.15) is 0 Å². The number of carbonyl (C=O) groups is 1. The molecular formula is C16H12F5NO2. The Morgan fingerprint density at radius 2 is 1.42 bits per heavy atom. The van der Waals surface area contributed by atoms with Gasteiger partial charge in [-0.3, -0.25) is 4.79 Å². The zero-order valence-corrected chi connectivity index (χ0v) is 12.2. The van der Waals surface area contributed by atoms with E-state index < -0.39 is 53.1 Å². The number of carbonyl (C=O) groups excluding carboxylic acids is 1. The van der Waals surface area contributed by atoms with Gasteiger partial charge in [-0.15, -0.1) is 0 Å². The highest BCUT2D eigenvalue weighted by molar-refractivity contribution is 5.75. The molecule has 8 heteroatoms. The molecule has 0 amide bonds. The second kappa shape index (κ2) is 7.39. The topological polar surface area (TPSA) is 52.3 Å². The van der Waals surface area contributed by atoms with E-state index in [0.717, 1.165) is 0 Å². The second-order valence-corrected chi connectivity index (χ2v) is 4.95. The van der Waals surface area contributed by atoms with Crippen molar-refractivity contribution in [2.24, 2.45) is 5.73 Å². The van der Waals surface area contributed by atoms with Crippen molar-refractivity contribution in [1.82, 2.24) is 0 Å². The molecule has 2 aromatic carbocycles. The Hall–Kier alpha value is -2.48. The molecule has 0 aliphatic rings. The molecule has 0 aliphatic heterocycles. The van der Waals surface area contributed by atoms with Crippen molar-refractivity contribution in [1.29, 1.82) is 0 Å². The largest absolute Gasteiger partial charge is 0.460 e. The summed E-state index contributed by atoms with van der Waals surface area (Å²) < 4.78 is 71.1. The smallest absolute Gasteiger partial charge is 0.323 e. The minimum absolute atomic E-state index is 0.134. The molecule has 3 nitrogen and oxygen atoms in total. The van der Waals surface area contributed by atoms with Gasteiger partial charge in [0.05, 0.1) is 0 Å². The average Bonchev–Trinajstić information content (AvgIpc) is 2.60. The molecule has 0 aromatic heterocycles. The monoisotopic (exact) mass is 345 g/mol. The van der Waals surface area contributed by atoms with E-state index in [0.29, 0.717) is 5.56 Å². The van der Waals surface area contributed by atoms with Crippen LogP contribution in [0.25, 0.3) is 0 Å². The fourth-order valence-corrected chi connectivity index (χ4v) is 1.97. The summed E-state index contributed by atoms with van der Waals surface area (Å²) in [6, 6.07) is 6.92. The van der Waals surface area contributed by atoms with Gasteiger partial charge >= 0.3 is 5.97 Å². The van der Waals surface area contributed by atoms with Crippen LogP contribution in [0.5, 0.6) is 0 Å². The summed E-state index contributed by atoms with van der Waals surface area (Å²) in [5.74, 6) is -11.5. The van der Waals surface area contributed by atoms with E-state index in [1.807, 2.05) is 0 Å². The van der Waals surface area contributed by atoms with Crippen molar-refractivity contribution in [3.63, 3.8) is 0 Å². The van der Waals surface area contributed by atoms with E-state index in [-0.39, 0.29) is 6.61 Å². The summed E-state index contributed by atoms with van der Waals surface area (Å²) >= 11 is 0. The van der Waals surface area contributed by atoms with Crippen LogP contribution in [0.3, 0.4) is 0 Å². The van der Waals surface area contributed by atoms with Crippen molar-refractivity contribution in [3.8, 4) is 0 Å². The summed E-state index contributed by atoms with van der Waals surface area (Å²) in [5.41, 5.74) is 4.93. The van der Waals surface area contributed by atoms with Crippen LogP contribution < -0.4 is 5.73 Å². The van der Waals surface area contributed by atoms with Crippen LogP contribution in [0.2, 0.25) is 0 Å². The lowest BCUT2D eigenvalue weighted by Crippen LogP contribution is -2.35. The lowest BCUT2D eigenvalue weighted by Gasteiger charge is -2.13. The summed E-state index contributed by atoms with van der Waals surface area (Å²) in [7, 11) is 0. The van der Waals surface area contributed by atoms with Crippen LogP contribution in [0.15, 0.2) is 30.3 Å². The average molecular weight is 345 g/mol. The molecule has 128 valence electrons. The molecule has 0 saturated heterocycles. The van der Waals surface area contributed by atoms with Crippen LogP contribution >= 0.6 is 0 Å². The zero-order chi connectivity index (χ0) is 17.9. The normalized spacial score (nSPS) is 12.1. The van der Waals surface area contributed by atoms with Gasteiger partial charge in [0.1, 0.15) is 12.6 Å². The van der Waals surface area contributed by atoms with Crippen molar-refractivity contribution in [3.05, 3.63) is 70.5 Å². The zero-order valence-electron chi connectivity index (χ0n) is 12.2. The highest BCUT2D eigenvalue weighted by Crippen LogP contribution is 2.24. The first-order chi connectivity index (χ1) is 11.3. The third kappa shape index (κ3) is 3.70. The number of hydrogen-bond donors (Lipinski definition) is 1. The lowest BCUT2D eigenvalue weighted by atomic mass is 10.0. The molecule has 0 radical (unpaired) electrons. The molecule has 0 fully saturated rings. The third-order valence-corrected chi connectivity index (χ3v) is 3.25. The Kier molecular flexibility index (Phi) is 5.50. The maximum atomic E-state index is 13.5. The Bertz CT molecular complexity index is 723. The van der Waals surface area contributed by atoms with E-state index in [4.69, 9.17) is 10.5 Å². The predicted molar refractivity (Wildman–Crippen MR) is 74.1 cm³/mol. The standard InChI is InChI=1S/C16H12F5NO2/c17-11-9(12(18)14(20)15(21)13(11)19)6-10(22)16(23)24-7-8-4-2-1-3-5-8/h1-5,10H,6-7,22H2/t10-/m0/s1. The van der Waals surface area contributed by atoms with E-state index in [1.165, 1.54) is 0 Å². The molecule has 0 aliphatic carbocycles. The second-order valence-electron chi connectivity index (χ2n) is 4.95. The van der Waals surface area contributed by atoms with Crippen LogP contribution in [-0.4, -0.2) is 12.0 Å². The molecule has 2 rings (SSSR count). The Morgan fingerprint density at radius 1 is 0.917 bits per heavy atom. The van der Waals surface area contributed by atoms with Crippen molar-refractivity contribution in [2.45, 2.75) is 19.1 Å². The minimum atomic E-state index is -2.27. The van der Waals surface area contributed by atoms with Gasteiger partial charge < -0.3 is 10.5 Å². The minimum Gasteiger partial charge on any atom is -0.460 e. The van der Waals surface area contributed by atoms with Crippen LogP contribution in [0, 0.1) is 29.1 Å². The number of benzene rings is 2. The number of rotatable bonds is 5. The molecule has 2 aromatic rings. The summed E-state index contributed by atoms with van der Waals surface area (Å²) in [6.07, 6.45) is -0.889. The van der Waals surface area contributed by atoms with Crippen LogP contribution in [0.4, 0.5) is 22.0 Å². The van der Waals surface area contributed by atoms with Gasteiger partial charge in [0, 0.05) is 12.0 Å². The fourth-order valence-electron chi connectivity index (χ4n) is 1.97. The van der Waals surface area contributed by atoms with Gasteiger partial charge in [-0.1, -0.05) is 30.3 Å². The first-order valence-electron chi connectivity index (χ1n) is 6.79. The Labute approximate surface area is 133 Å². The summed E-state index contributed by atoms with van der Waals surface area (Å²) in [4.78, 5) is 11.7. The number of nitrogens with two attached hydrogens (primary N) is 1. The molecule has 24 heavy (non-hydrogen) atoms. The highest BCUT2D eigenvalue weighted by atomic mass is 19.2. The lowest BCUT2D eigenvalue weighted by molar-refractivity contribution is -0.146. The SMILES string of the molecule is N[C@@H](Cc1c(F)c(F)c(F)c(F)c1F)C(=O)OCc1ccccc1. The molecule has 2 N–H and O–H groups in total. The molecular weight excluding hydrogens is 333 g/mol. The van der Waals surface area contributed by atoms with Gasteiger partial charge in [0.25, 0.3) is 0 Å². The number of hydrogen-bond acceptors (Lipinski definition) is 3. The number of ether oxygens (including phenoxy) is 1. The molecule has 0 saturated carbocycles. The van der Waals surface area contributed by atoms with Gasteiger partial charge in [0.2, 0.25) is 5.82 Å². The molecule has 0 spiro atoms. The fraction of sp³-hybridized carbons (Fsp3) is 0.188. The quantitative estimate of drug-likeness (QED) is 0.392. The van der Waals surface area contributed by atoms with E-state index in [2.05, 4.69) is 0 Å². The molecule has 1 atom stereocenters. The first kappa shape index (κ1) is 17.9. The molecule has 0 heterocycles. The maximum absolute atomic E-state index is 13.5.